The molecule has 0 aliphatic carbocycles. The number of para-hydroxylation sites is 1. The van der Waals surface area contributed by atoms with Crippen molar-refractivity contribution in [3.05, 3.63) is 105 Å². The van der Waals surface area contributed by atoms with E-state index in [0.29, 0.717) is 46.9 Å². The van der Waals surface area contributed by atoms with E-state index in [1.165, 1.54) is 5.56 Å². The van der Waals surface area contributed by atoms with Crippen LogP contribution in [-0.2, 0) is 11.2 Å². The van der Waals surface area contributed by atoms with Crippen LogP contribution in [0.2, 0.25) is 5.02 Å². The van der Waals surface area contributed by atoms with Crippen molar-refractivity contribution in [1.29, 1.82) is 0 Å². The number of nitrogens with zero attached hydrogens (tertiary/aromatic N) is 3. The predicted molar refractivity (Wildman–Crippen MR) is 144 cm³/mol. The molecular weight excluding hydrogens is 474 g/mol. The third-order valence-corrected chi connectivity index (χ3v) is 6.61. The molecular formula is C29H30ClN3O3. The Hall–Kier alpha value is -3.48. The number of halogens is 1. The van der Waals surface area contributed by atoms with Crippen LogP contribution in [0.3, 0.4) is 0 Å². The highest BCUT2D eigenvalue weighted by Crippen LogP contribution is 2.28. The van der Waals surface area contributed by atoms with Gasteiger partial charge in [0.15, 0.2) is 0 Å². The number of methoxy groups -OCH3 is 1. The highest BCUT2D eigenvalue weighted by Gasteiger charge is 2.29. The highest BCUT2D eigenvalue weighted by molar-refractivity contribution is 6.30. The van der Waals surface area contributed by atoms with E-state index in [0.717, 1.165) is 12.1 Å². The van der Waals surface area contributed by atoms with E-state index in [1.54, 1.807) is 46.9 Å². The van der Waals surface area contributed by atoms with Gasteiger partial charge in [0, 0.05) is 24.2 Å². The van der Waals surface area contributed by atoms with E-state index < -0.39 is 6.04 Å². The molecule has 0 spiro atoms. The Labute approximate surface area is 216 Å². The number of aromatic nitrogens is 2. The second-order valence-corrected chi connectivity index (χ2v) is 9.01. The molecule has 4 rings (SSSR count). The summed E-state index contributed by atoms with van der Waals surface area (Å²) in [5, 5.41) is 1.09. The molecule has 1 unspecified atom stereocenters. The molecule has 1 heterocycles. The molecule has 0 aliphatic heterocycles. The van der Waals surface area contributed by atoms with Gasteiger partial charge in [0.25, 0.3) is 11.5 Å². The molecule has 36 heavy (non-hydrogen) atoms. The van der Waals surface area contributed by atoms with Gasteiger partial charge in [-0.1, -0.05) is 49.7 Å². The normalized spacial score (nSPS) is 12.0. The molecule has 3 aromatic carbocycles. The summed E-state index contributed by atoms with van der Waals surface area (Å²) < 4.78 is 6.98. The summed E-state index contributed by atoms with van der Waals surface area (Å²) in [6.45, 7) is 4.77. The summed E-state index contributed by atoms with van der Waals surface area (Å²) in [7, 11) is 1.60. The molecule has 0 fully saturated rings. The Balaban J connectivity index is 1.92. The van der Waals surface area contributed by atoms with Gasteiger partial charge in [-0.2, -0.15) is 0 Å². The second-order valence-electron chi connectivity index (χ2n) is 8.57. The first-order valence-electron chi connectivity index (χ1n) is 12.1. The Morgan fingerprint density at radius 2 is 1.72 bits per heavy atom. The molecule has 1 aromatic heterocycles. The van der Waals surface area contributed by atoms with Crippen molar-refractivity contribution in [1.82, 2.24) is 14.5 Å². The summed E-state index contributed by atoms with van der Waals surface area (Å²) in [4.78, 5) is 34.2. The number of carbonyl (C=O) groups excluding carboxylic acids is 1. The van der Waals surface area contributed by atoms with Gasteiger partial charge < -0.3 is 9.64 Å². The standard InChI is InChI=1S/C29H30ClN3O3/c1-4-20-10-16-23(17-11-20)33-27(31-25-9-7-6-8-24(25)29(33)35)26(5-2)32(18-19-36-3)28(34)21-12-14-22(30)15-13-21/h6-17,26H,4-5,18-19H2,1-3H3. The van der Waals surface area contributed by atoms with E-state index >= 15 is 0 Å². The average molecular weight is 504 g/mol. The topological polar surface area (TPSA) is 64.4 Å². The molecule has 0 saturated heterocycles. The lowest BCUT2D eigenvalue weighted by Gasteiger charge is -2.32. The monoisotopic (exact) mass is 503 g/mol. The van der Waals surface area contributed by atoms with Crippen molar-refractivity contribution in [3.8, 4) is 5.69 Å². The molecule has 1 atom stereocenters. The van der Waals surface area contributed by atoms with E-state index in [4.69, 9.17) is 21.3 Å². The Morgan fingerprint density at radius 1 is 1.03 bits per heavy atom. The lowest BCUT2D eigenvalue weighted by molar-refractivity contribution is 0.0579. The number of rotatable bonds is 9. The molecule has 6 nitrogen and oxygen atoms in total. The summed E-state index contributed by atoms with van der Waals surface area (Å²) in [6, 6.07) is 21.6. The molecule has 0 N–H and O–H groups in total. The van der Waals surface area contributed by atoms with Crippen LogP contribution in [0.1, 0.15) is 48.1 Å². The zero-order chi connectivity index (χ0) is 25.7. The quantitative estimate of drug-likeness (QED) is 0.288. The third-order valence-electron chi connectivity index (χ3n) is 6.35. The number of carbonyl (C=O) groups is 1. The average Bonchev–Trinajstić information content (AvgIpc) is 2.91. The predicted octanol–water partition coefficient (Wildman–Crippen LogP) is 5.84. The van der Waals surface area contributed by atoms with Crippen LogP contribution in [0.5, 0.6) is 0 Å². The van der Waals surface area contributed by atoms with Crippen LogP contribution in [0, 0.1) is 0 Å². The minimum absolute atomic E-state index is 0.163. The Bertz CT molecular complexity index is 1400. The third kappa shape index (κ3) is 5.20. The van der Waals surface area contributed by atoms with Crippen molar-refractivity contribution in [3.63, 3.8) is 0 Å². The first-order valence-corrected chi connectivity index (χ1v) is 12.5. The molecule has 0 saturated carbocycles. The van der Waals surface area contributed by atoms with Crippen molar-refractivity contribution in [2.24, 2.45) is 0 Å². The van der Waals surface area contributed by atoms with Gasteiger partial charge in [-0.15, -0.1) is 0 Å². The van der Waals surface area contributed by atoms with E-state index in [2.05, 4.69) is 6.92 Å². The van der Waals surface area contributed by atoms with Gasteiger partial charge in [-0.25, -0.2) is 4.98 Å². The first kappa shape index (κ1) is 25.6. The maximum Gasteiger partial charge on any atom is 0.266 e. The molecule has 186 valence electrons. The lowest BCUT2D eigenvalue weighted by atomic mass is 10.1. The maximum absolute atomic E-state index is 13.8. The van der Waals surface area contributed by atoms with Gasteiger partial charge in [-0.3, -0.25) is 14.2 Å². The van der Waals surface area contributed by atoms with Crippen molar-refractivity contribution in [2.75, 3.05) is 20.3 Å². The van der Waals surface area contributed by atoms with Crippen molar-refractivity contribution < 1.29 is 9.53 Å². The molecule has 1 amide bonds. The smallest absolute Gasteiger partial charge is 0.266 e. The van der Waals surface area contributed by atoms with E-state index in [9.17, 15) is 9.59 Å². The molecule has 0 radical (unpaired) electrons. The molecule has 0 aliphatic rings. The zero-order valence-electron chi connectivity index (χ0n) is 20.8. The van der Waals surface area contributed by atoms with Crippen LogP contribution in [-0.4, -0.2) is 40.6 Å². The van der Waals surface area contributed by atoms with Crippen LogP contribution in [0.25, 0.3) is 16.6 Å². The van der Waals surface area contributed by atoms with Gasteiger partial charge >= 0.3 is 0 Å². The van der Waals surface area contributed by atoms with E-state index in [1.807, 2.05) is 49.4 Å². The first-order chi connectivity index (χ1) is 17.5. The SMILES string of the molecule is CCc1ccc(-n2c(C(CC)N(CCOC)C(=O)c3ccc(Cl)cc3)nc3ccccc3c2=O)cc1. The van der Waals surface area contributed by atoms with Gasteiger partial charge in [-0.05, 0) is 66.9 Å². The van der Waals surface area contributed by atoms with Crippen LogP contribution in [0.15, 0.2) is 77.6 Å². The fraction of sp³-hybridized carbons (Fsp3) is 0.276. The molecule has 0 bridgehead atoms. The number of benzene rings is 3. The minimum atomic E-state index is -0.466. The van der Waals surface area contributed by atoms with Crippen LogP contribution in [0.4, 0.5) is 0 Å². The highest BCUT2D eigenvalue weighted by atomic mass is 35.5. The summed E-state index contributed by atoms with van der Waals surface area (Å²) in [6.07, 6.45) is 1.46. The van der Waals surface area contributed by atoms with Crippen LogP contribution >= 0.6 is 11.6 Å². The van der Waals surface area contributed by atoms with E-state index in [-0.39, 0.29) is 11.5 Å². The molecule has 4 aromatic rings. The number of amides is 1. The maximum atomic E-state index is 13.8. The summed E-state index contributed by atoms with van der Waals surface area (Å²) in [5.41, 5.74) is 2.84. The van der Waals surface area contributed by atoms with Crippen molar-refractivity contribution >= 4 is 28.4 Å². The fourth-order valence-corrected chi connectivity index (χ4v) is 4.52. The zero-order valence-corrected chi connectivity index (χ0v) is 21.5. The van der Waals surface area contributed by atoms with Gasteiger partial charge in [0.1, 0.15) is 5.82 Å². The second kappa shape index (κ2) is 11.5. The Kier molecular flexibility index (Phi) is 8.18. The Morgan fingerprint density at radius 3 is 2.36 bits per heavy atom. The number of hydrogen-bond donors (Lipinski definition) is 0. The number of aryl methyl sites for hydroxylation is 1. The van der Waals surface area contributed by atoms with Crippen molar-refractivity contribution in [2.45, 2.75) is 32.7 Å². The number of ether oxygens (including phenoxy) is 1. The van der Waals surface area contributed by atoms with Gasteiger partial charge in [0.2, 0.25) is 0 Å². The largest absolute Gasteiger partial charge is 0.383 e. The minimum Gasteiger partial charge on any atom is -0.383 e. The summed E-state index contributed by atoms with van der Waals surface area (Å²) in [5.74, 6) is 0.342. The van der Waals surface area contributed by atoms with Crippen LogP contribution < -0.4 is 5.56 Å². The molecule has 7 heteroatoms. The van der Waals surface area contributed by atoms with Gasteiger partial charge in [0.05, 0.1) is 29.2 Å². The summed E-state index contributed by atoms with van der Waals surface area (Å²) >= 11 is 6.06. The number of fused-ring (bicyclic) bond motifs is 1. The fourth-order valence-electron chi connectivity index (χ4n) is 4.39. The number of hydrogen-bond acceptors (Lipinski definition) is 4. The lowest BCUT2D eigenvalue weighted by Crippen LogP contribution is -2.40.